The lowest BCUT2D eigenvalue weighted by Gasteiger charge is -2.46. The molecular formula is C24H32N2O2. The maximum Gasteiger partial charge on any atom is 0.221 e. The topological polar surface area (TPSA) is 50.4 Å². The molecule has 1 aromatic rings. The van der Waals surface area contributed by atoms with E-state index in [1.54, 1.807) is 6.92 Å². The van der Waals surface area contributed by atoms with Crippen LogP contribution in [0.5, 0.6) is 0 Å². The molecule has 1 unspecified atom stereocenters. The molecule has 4 heteroatoms. The van der Waals surface area contributed by atoms with Crippen molar-refractivity contribution in [2.75, 3.05) is 11.9 Å². The van der Waals surface area contributed by atoms with Crippen molar-refractivity contribution < 1.29 is 9.53 Å². The zero-order valence-electron chi connectivity index (χ0n) is 17.4. The summed E-state index contributed by atoms with van der Waals surface area (Å²) in [5.41, 5.74) is 4.94. The van der Waals surface area contributed by atoms with Crippen LogP contribution < -0.4 is 10.6 Å². The molecule has 3 aliphatic rings. The molecule has 1 fully saturated rings. The zero-order chi connectivity index (χ0) is 19.9. The zero-order valence-corrected chi connectivity index (χ0v) is 17.4. The second-order valence-electron chi connectivity index (χ2n) is 9.42. The molecule has 1 aromatic carbocycles. The first-order valence-electron chi connectivity index (χ1n) is 10.5. The number of hydrogen-bond acceptors (Lipinski definition) is 3. The SMILES string of the molecule is CC(=O)NC1=CCC([C@@H]2Nc3ccc(C(C)(C)C)cc3[C@H]3OCCC[C@H]32)C=C1. The van der Waals surface area contributed by atoms with Crippen LogP contribution in [0.25, 0.3) is 0 Å². The van der Waals surface area contributed by atoms with Crippen molar-refractivity contribution in [3.8, 4) is 0 Å². The molecule has 2 heterocycles. The van der Waals surface area contributed by atoms with Crippen LogP contribution in [0, 0.1) is 11.8 Å². The van der Waals surface area contributed by atoms with Crippen molar-refractivity contribution in [1.29, 1.82) is 0 Å². The molecule has 0 aromatic heterocycles. The van der Waals surface area contributed by atoms with E-state index in [0.29, 0.717) is 17.9 Å². The van der Waals surface area contributed by atoms with Gasteiger partial charge < -0.3 is 15.4 Å². The largest absolute Gasteiger partial charge is 0.381 e. The third-order valence-electron chi connectivity index (χ3n) is 6.29. The molecular weight excluding hydrogens is 348 g/mol. The summed E-state index contributed by atoms with van der Waals surface area (Å²) in [6, 6.07) is 7.19. The summed E-state index contributed by atoms with van der Waals surface area (Å²) in [5.74, 6) is 0.860. The molecule has 0 bridgehead atoms. The summed E-state index contributed by atoms with van der Waals surface area (Å²) in [7, 11) is 0. The fraction of sp³-hybridized carbons (Fsp3) is 0.542. The minimum atomic E-state index is -0.0190. The number of benzene rings is 1. The molecule has 1 saturated heterocycles. The van der Waals surface area contributed by atoms with E-state index in [2.05, 4.69) is 61.8 Å². The van der Waals surface area contributed by atoms with Gasteiger partial charge in [-0.15, -0.1) is 0 Å². The normalized spacial score (nSPS) is 29.2. The highest BCUT2D eigenvalue weighted by atomic mass is 16.5. The van der Waals surface area contributed by atoms with Gasteiger partial charge in [-0.3, -0.25) is 4.79 Å². The molecule has 4 nitrogen and oxygen atoms in total. The number of allylic oxidation sites excluding steroid dienone is 2. The summed E-state index contributed by atoms with van der Waals surface area (Å²) >= 11 is 0. The fourth-order valence-corrected chi connectivity index (χ4v) is 4.80. The van der Waals surface area contributed by atoms with E-state index in [1.807, 2.05) is 6.08 Å². The number of carbonyl (C=O) groups is 1. The Morgan fingerprint density at radius 3 is 2.79 bits per heavy atom. The Bertz CT molecular complexity index is 818. The Morgan fingerprint density at radius 1 is 1.29 bits per heavy atom. The van der Waals surface area contributed by atoms with Crippen LogP contribution in [0.2, 0.25) is 0 Å². The molecule has 0 saturated carbocycles. The van der Waals surface area contributed by atoms with Crippen molar-refractivity contribution in [2.24, 2.45) is 11.8 Å². The summed E-state index contributed by atoms with van der Waals surface area (Å²) in [6.45, 7) is 9.19. The van der Waals surface area contributed by atoms with Crippen molar-refractivity contribution >= 4 is 11.6 Å². The standard InChI is InChI=1S/C24H32N2O2/c1-15(27)25-18-10-7-16(8-11-18)22-19-6-5-13-28-23(19)20-14-17(24(2,3)4)9-12-21(20)26-22/h7,9-12,14,16,19,22-23,26H,5-6,8,13H2,1-4H3,(H,25,27)/t16?,19-,22-,23-/m0/s1. The predicted octanol–water partition coefficient (Wildman–Crippen LogP) is 4.84. The summed E-state index contributed by atoms with van der Waals surface area (Å²) < 4.78 is 6.33. The van der Waals surface area contributed by atoms with E-state index in [9.17, 15) is 4.79 Å². The lowest BCUT2D eigenvalue weighted by molar-refractivity contribution is -0.118. The van der Waals surface area contributed by atoms with Crippen LogP contribution in [-0.2, 0) is 14.9 Å². The predicted molar refractivity (Wildman–Crippen MR) is 113 cm³/mol. The Balaban J connectivity index is 1.61. The van der Waals surface area contributed by atoms with Crippen LogP contribution in [0.1, 0.15) is 64.2 Å². The van der Waals surface area contributed by atoms with Crippen molar-refractivity contribution in [3.63, 3.8) is 0 Å². The number of rotatable bonds is 2. The average Bonchev–Trinajstić information content (AvgIpc) is 2.66. The third kappa shape index (κ3) is 3.75. The second-order valence-corrected chi connectivity index (χ2v) is 9.42. The van der Waals surface area contributed by atoms with E-state index in [-0.39, 0.29) is 17.4 Å². The third-order valence-corrected chi connectivity index (χ3v) is 6.29. The highest BCUT2D eigenvalue weighted by Crippen LogP contribution is 2.47. The molecule has 0 radical (unpaired) electrons. The van der Waals surface area contributed by atoms with Gasteiger partial charge in [0.25, 0.3) is 0 Å². The van der Waals surface area contributed by atoms with E-state index < -0.39 is 0 Å². The van der Waals surface area contributed by atoms with Crippen LogP contribution >= 0.6 is 0 Å². The number of anilines is 1. The van der Waals surface area contributed by atoms with Crippen LogP contribution in [-0.4, -0.2) is 18.6 Å². The van der Waals surface area contributed by atoms with Crippen LogP contribution in [0.4, 0.5) is 5.69 Å². The monoisotopic (exact) mass is 380 g/mol. The first kappa shape index (κ1) is 19.3. The number of fused-ring (bicyclic) bond motifs is 3. The first-order chi connectivity index (χ1) is 13.3. The van der Waals surface area contributed by atoms with Gasteiger partial charge in [0.15, 0.2) is 0 Å². The molecule has 4 rings (SSSR count). The lowest BCUT2D eigenvalue weighted by atomic mass is 9.72. The van der Waals surface area contributed by atoms with Gasteiger partial charge in [0.1, 0.15) is 0 Å². The van der Waals surface area contributed by atoms with Crippen molar-refractivity contribution in [2.45, 2.75) is 64.5 Å². The molecule has 1 amide bonds. The van der Waals surface area contributed by atoms with Gasteiger partial charge >= 0.3 is 0 Å². The minimum absolute atomic E-state index is 0.0190. The quantitative estimate of drug-likeness (QED) is 0.772. The van der Waals surface area contributed by atoms with Gasteiger partial charge in [0.2, 0.25) is 5.91 Å². The summed E-state index contributed by atoms with van der Waals surface area (Å²) in [4.78, 5) is 11.3. The van der Waals surface area contributed by atoms with E-state index >= 15 is 0 Å². The van der Waals surface area contributed by atoms with Gasteiger partial charge in [-0.05, 0) is 42.4 Å². The average molecular weight is 381 g/mol. The van der Waals surface area contributed by atoms with E-state index in [0.717, 1.165) is 25.1 Å². The number of ether oxygens (including phenoxy) is 1. The van der Waals surface area contributed by atoms with Gasteiger partial charge in [-0.2, -0.15) is 0 Å². The molecule has 4 atom stereocenters. The Labute approximate surface area is 168 Å². The number of hydrogen-bond donors (Lipinski definition) is 2. The van der Waals surface area contributed by atoms with Crippen LogP contribution in [0.15, 0.2) is 42.1 Å². The van der Waals surface area contributed by atoms with Gasteiger partial charge in [-0.1, -0.05) is 45.1 Å². The Morgan fingerprint density at radius 2 is 2.11 bits per heavy atom. The summed E-state index contributed by atoms with van der Waals surface area (Å²) in [5, 5.41) is 6.74. The van der Waals surface area contributed by atoms with Crippen molar-refractivity contribution in [3.05, 3.63) is 53.3 Å². The second kappa shape index (κ2) is 7.40. The van der Waals surface area contributed by atoms with Gasteiger partial charge in [0.05, 0.1) is 6.10 Å². The lowest BCUT2D eigenvalue weighted by Crippen LogP contribution is -2.45. The minimum Gasteiger partial charge on any atom is -0.381 e. The van der Waals surface area contributed by atoms with Crippen molar-refractivity contribution in [1.82, 2.24) is 5.32 Å². The Kier molecular flexibility index (Phi) is 5.09. The number of amides is 1. The van der Waals surface area contributed by atoms with Crippen LogP contribution in [0.3, 0.4) is 0 Å². The molecule has 28 heavy (non-hydrogen) atoms. The van der Waals surface area contributed by atoms with E-state index in [4.69, 9.17) is 4.74 Å². The maximum absolute atomic E-state index is 11.3. The molecule has 150 valence electrons. The van der Waals surface area contributed by atoms with E-state index in [1.165, 1.54) is 23.2 Å². The molecule has 0 spiro atoms. The number of carbonyl (C=O) groups excluding carboxylic acids is 1. The summed E-state index contributed by atoms with van der Waals surface area (Å²) in [6.07, 6.45) is 9.86. The van der Waals surface area contributed by atoms with Gasteiger partial charge in [-0.25, -0.2) is 0 Å². The Hall–Kier alpha value is -2.07. The van der Waals surface area contributed by atoms with Gasteiger partial charge in [0, 0.05) is 48.4 Å². The first-order valence-corrected chi connectivity index (χ1v) is 10.5. The fourth-order valence-electron chi connectivity index (χ4n) is 4.80. The molecule has 2 aliphatic heterocycles. The highest BCUT2D eigenvalue weighted by molar-refractivity contribution is 5.75. The maximum atomic E-state index is 11.3. The number of nitrogens with one attached hydrogen (secondary N) is 2. The smallest absolute Gasteiger partial charge is 0.221 e. The molecule has 1 aliphatic carbocycles. The highest BCUT2D eigenvalue weighted by Gasteiger charge is 2.42. The molecule has 2 N–H and O–H groups in total.